The molecule has 3 heteroatoms. The first-order valence-corrected chi connectivity index (χ1v) is 7.57. The number of piperidine rings is 1. The van der Waals surface area contributed by atoms with Crippen molar-refractivity contribution in [3.8, 4) is 11.8 Å². The standard InChI is InChI=1S/C17H24N2O/c1-14-5-3-10-19(15(14)2)11-4-12-20-17-8-6-16(13-18)7-9-17/h6-9,14-15H,3-5,10-12H2,1-2H3. The Kier molecular flexibility index (Phi) is 5.43. The molecule has 1 fully saturated rings. The van der Waals surface area contributed by atoms with E-state index >= 15 is 0 Å². The molecule has 3 nitrogen and oxygen atoms in total. The van der Waals surface area contributed by atoms with Crippen molar-refractivity contribution >= 4 is 0 Å². The second-order valence-corrected chi connectivity index (χ2v) is 5.73. The molecule has 0 spiro atoms. The van der Waals surface area contributed by atoms with Gasteiger partial charge in [-0.15, -0.1) is 0 Å². The van der Waals surface area contributed by atoms with E-state index in [2.05, 4.69) is 24.8 Å². The fourth-order valence-corrected chi connectivity index (χ4v) is 2.82. The predicted octanol–water partition coefficient (Wildman–Crippen LogP) is 3.45. The van der Waals surface area contributed by atoms with Crippen molar-refractivity contribution in [3.05, 3.63) is 29.8 Å². The van der Waals surface area contributed by atoms with E-state index < -0.39 is 0 Å². The molecule has 0 bridgehead atoms. The Balaban J connectivity index is 1.69. The van der Waals surface area contributed by atoms with Gasteiger partial charge in [0, 0.05) is 12.6 Å². The van der Waals surface area contributed by atoms with Crippen LogP contribution in [0.4, 0.5) is 0 Å². The van der Waals surface area contributed by atoms with Gasteiger partial charge in [0.2, 0.25) is 0 Å². The summed E-state index contributed by atoms with van der Waals surface area (Å²) in [7, 11) is 0. The maximum Gasteiger partial charge on any atom is 0.119 e. The van der Waals surface area contributed by atoms with Crippen LogP contribution in [-0.4, -0.2) is 30.6 Å². The highest BCUT2D eigenvalue weighted by Crippen LogP contribution is 2.22. The molecule has 0 aromatic heterocycles. The summed E-state index contributed by atoms with van der Waals surface area (Å²) >= 11 is 0. The van der Waals surface area contributed by atoms with E-state index in [9.17, 15) is 0 Å². The summed E-state index contributed by atoms with van der Waals surface area (Å²) in [6.07, 6.45) is 3.73. The van der Waals surface area contributed by atoms with E-state index in [4.69, 9.17) is 10.00 Å². The van der Waals surface area contributed by atoms with Gasteiger partial charge in [0.05, 0.1) is 18.2 Å². The summed E-state index contributed by atoms with van der Waals surface area (Å²) in [5, 5.41) is 8.74. The molecule has 1 aromatic rings. The lowest BCUT2D eigenvalue weighted by Crippen LogP contribution is -2.43. The minimum Gasteiger partial charge on any atom is -0.494 e. The average Bonchev–Trinajstić information content (AvgIpc) is 2.48. The van der Waals surface area contributed by atoms with E-state index in [1.54, 1.807) is 12.1 Å². The van der Waals surface area contributed by atoms with E-state index in [0.717, 1.165) is 31.2 Å². The van der Waals surface area contributed by atoms with Gasteiger partial charge in [-0.1, -0.05) is 6.92 Å². The lowest BCUT2D eigenvalue weighted by atomic mass is 9.92. The number of rotatable bonds is 5. The van der Waals surface area contributed by atoms with E-state index in [-0.39, 0.29) is 0 Å². The van der Waals surface area contributed by atoms with Gasteiger partial charge in [-0.2, -0.15) is 5.26 Å². The Morgan fingerprint density at radius 2 is 2.05 bits per heavy atom. The molecular weight excluding hydrogens is 248 g/mol. The SMILES string of the molecule is CC1CCCN(CCCOc2ccc(C#N)cc2)C1C. The van der Waals surface area contributed by atoms with Crippen LogP contribution in [0.15, 0.2) is 24.3 Å². The molecule has 0 N–H and O–H groups in total. The van der Waals surface area contributed by atoms with Crippen molar-refractivity contribution in [2.24, 2.45) is 5.92 Å². The Bertz CT molecular complexity index is 449. The van der Waals surface area contributed by atoms with Crippen molar-refractivity contribution in [2.45, 2.75) is 39.2 Å². The van der Waals surface area contributed by atoms with E-state index in [0.29, 0.717) is 11.6 Å². The molecule has 2 atom stereocenters. The van der Waals surface area contributed by atoms with Crippen molar-refractivity contribution in [2.75, 3.05) is 19.7 Å². The average molecular weight is 272 g/mol. The summed E-state index contributed by atoms with van der Waals surface area (Å²) in [6.45, 7) is 7.77. The van der Waals surface area contributed by atoms with Crippen LogP contribution in [0.5, 0.6) is 5.75 Å². The van der Waals surface area contributed by atoms with Crippen LogP contribution in [0.1, 0.15) is 38.7 Å². The molecule has 2 unspecified atom stereocenters. The topological polar surface area (TPSA) is 36.3 Å². The van der Waals surface area contributed by atoms with Crippen molar-refractivity contribution < 1.29 is 4.74 Å². The molecule has 1 aliphatic rings. The number of nitriles is 1. The molecule has 0 saturated carbocycles. The number of hydrogen-bond acceptors (Lipinski definition) is 3. The van der Waals surface area contributed by atoms with Gasteiger partial charge in [-0.3, -0.25) is 0 Å². The molecular formula is C17H24N2O. The first kappa shape index (κ1) is 14.9. The predicted molar refractivity (Wildman–Crippen MR) is 80.7 cm³/mol. The van der Waals surface area contributed by atoms with E-state index in [1.807, 2.05) is 12.1 Å². The molecule has 1 saturated heterocycles. The first-order chi connectivity index (χ1) is 9.70. The van der Waals surface area contributed by atoms with Gasteiger partial charge in [0.25, 0.3) is 0 Å². The van der Waals surface area contributed by atoms with Crippen LogP contribution < -0.4 is 4.74 Å². The lowest BCUT2D eigenvalue weighted by molar-refractivity contribution is 0.106. The van der Waals surface area contributed by atoms with Crippen molar-refractivity contribution in [1.29, 1.82) is 5.26 Å². The van der Waals surface area contributed by atoms with Gasteiger partial charge in [-0.05, 0) is 62.9 Å². The highest BCUT2D eigenvalue weighted by Gasteiger charge is 2.23. The van der Waals surface area contributed by atoms with Gasteiger partial charge in [-0.25, -0.2) is 0 Å². The van der Waals surface area contributed by atoms with Crippen LogP contribution in [0, 0.1) is 17.2 Å². The maximum absolute atomic E-state index is 8.74. The third-order valence-corrected chi connectivity index (χ3v) is 4.35. The van der Waals surface area contributed by atoms with Gasteiger partial charge < -0.3 is 9.64 Å². The van der Waals surface area contributed by atoms with Crippen LogP contribution in [0.2, 0.25) is 0 Å². The smallest absolute Gasteiger partial charge is 0.119 e. The van der Waals surface area contributed by atoms with E-state index in [1.165, 1.54) is 19.4 Å². The summed E-state index contributed by atoms with van der Waals surface area (Å²) in [5.74, 6) is 1.66. The first-order valence-electron chi connectivity index (χ1n) is 7.57. The molecule has 108 valence electrons. The van der Waals surface area contributed by atoms with Gasteiger partial charge in [0.15, 0.2) is 0 Å². The minimum atomic E-state index is 0.675. The molecule has 1 heterocycles. The van der Waals surface area contributed by atoms with Crippen LogP contribution in [0.25, 0.3) is 0 Å². The summed E-state index contributed by atoms with van der Waals surface area (Å²) in [4.78, 5) is 2.58. The van der Waals surface area contributed by atoms with Gasteiger partial charge >= 0.3 is 0 Å². The number of benzene rings is 1. The lowest BCUT2D eigenvalue weighted by Gasteiger charge is -2.37. The third-order valence-electron chi connectivity index (χ3n) is 4.35. The van der Waals surface area contributed by atoms with Crippen molar-refractivity contribution in [1.82, 2.24) is 4.90 Å². The fraction of sp³-hybridized carbons (Fsp3) is 0.588. The molecule has 0 amide bonds. The monoisotopic (exact) mass is 272 g/mol. The molecule has 0 aliphatic carbocycles. The highest BCUT2D eigenvalue weighted by molar-refractivity contribution is 5.34. The maximum atomic E-state index is 8.74. The minimum absolute atomic E-state index is 0.675. The van der Waals surface area contributed by atoms with Crippen molar-refractivity contribution in [3.63, 3.8) is 0 Å². The fourth-order valence-electron chi connectivity index (χ4n) is 2.82. The highest BCUT2D eigenvalue weighted by atomic mass is 16.5. The Hall–Kier alpha value is -1.53. The molecule has 20 heavy (non-hydrogen) atoms. The molecule has 0 radical (unpaired) electrons. The normalized spacial score (nSPS) is 23.2. The second-order valence-electron chi connectivity index (χ2n) is 5.73. The van der Waals surface area contributed by atoms with Crippen LogP contribution >= 0.6 is 0 Å². The van der Waals surface area contributed by atoms with Crippen LogP contribution in [-0.2, 0) is 0 Å². The number of ether oxygens (including phenoxy) is 1. The van der Waals surface area contributed by atoms with Crippen LogP contribution in [0.3, 0.4) is 0 Å². The van der Waals surface area contributed by atoms with Gasteiger partial charge in [0.1, 0.15) is 5.75 Å². The Morgan fingerprint density at radius 1 is 1.30 bits per heavy atom. The summed E-state index contributed by atoms with van der Waals surface area (Å²) < 4.78 is 5.72. The zero-order valence-corrected chi connectivity index (χ0v) is 12.5. The Labute approximate surface area is 122 Å². The zero-order chi connectivity index (χ0) is 14.4. The largest absolute Gasteiger partial charge is 0.494 e. The number of likely N-dealkylation sites (tertiary alicyclic amines) is 1. The summed E-state index contributed by atoms with van der Waals surface area (Å²) in [6, 6.07) is 10.1. The molecule has 2 rings (SSSR count). The molecule has 1 aromatic carbocycles. The zero-order valence-electron chi connectivity index (χ0n) is 12.5. The number of nitrogens with zero attached hydrogens (tertiary/aromatic N) is 2. The second kappa shape index (κ2) is 7.31. The Morgan fingerprint density at radius 3 is 2.75 bits per heavy atom. The quantitative estimate of drug-likeness (QED) is 0.770. The number of hydrogen-bond donors (Lipinski definition) is 0. The third kappa shape index (κ3) is 3.98. The summed E-state index contributed by atoms with van der Waals surface area (Å²) in [5.41, 5.74) is 0.675. The molecule has 1 aliphatic heterocycles.